The molecule has 0 saturated carbocycles. The molecular formula is C16H26BrNS. The highest BCUT2D eigenvalue weighted by Gasteiger charge is 2.07. The molecule has 0 aliphatic rings. The van der Waals surface area contributed by atoms with Gasteiger partial charge in [-0.2, -0.15) is 0 Å². The fourth-order valence-electron chi connectivity index (χ4n) is 2.08. The van der Waals surface area contributed by atoms with Crippen molar-refractivity contribution in [3.63, 3.8) is 0 Å². The van der Waals surface area contributed by atoms with E-state index in [0.29, 0.717) is 6.04 Å². The quantitative estimate of drug-likeness (QED) is 0.445. The van der Waals surface area contributed by atoms with Gasteiger partial charge in [0.2, 0.25) is 0 Å². The van der Waals surface area contributed by atoms with E-state index in [1.165, 1.54) is 42.8 Å². The Morgan fingerprint density at radius 2 is 1.84 bits per heavy atom. The van der Waals surface area contributed by atoms with Crippen molar-refractivity contribution < 1.29 is 0 Å². The summed E-state index contributed by atoms with van der Waals surface area (Å²) < 4.78 is 1.15. The largest absolute Gasteiger partial charge is 0.313 e. The molecule has 1 rings (SSSR count). The van der Waals surface area contributed by atoms with E-state index < -0.39 is 0 Å². The highest BCUT2D eigenvalue weighted by Crippen LogP contribution is 2.22. The Hall–Kier alpha value is 0.01000. The monoisotopic (exact) mass is 343 g/mol. The maximum Gasteiger partial charge on any atom is 0.0176 e. The number of nitrogens with one attached hydrogen (secondary N) is 1. The standard InChI is InChI=1S/C16H26BrNS/c1-3-5-6-7-8-15(18-4-2)13-19-16-11-9-14(17)10-12-16/h9-12,15,18H,3-8,13H2,1-2H3. The van der Waals surface area contributed by atoms with E-state index in [0.717, 1.165) is 11.0 Å². The van der Waals surface area contributed by atoms with Gasteiger partial charge < -0.3 is 5.32 Å². The summed E-state index contributed by atoms with van der Waals surface area (Å²) in [5.74, 6) is 1.17. The summed E-state index contributed by atoms with van der Waals surface area (Å²) in [4.78, 5) is 1.36. The lowest BCUT2D eigenvalue weighted by Gasteiger charge is -2.17. The smallest absolute Gasteiger partial charge is 0.0176 e. The lowest BCUT2D eigenvalue weighted by molar-refractivity contribution is 0.500. The van der Waals surface area contributed by atoms with E-state index in [1.54, 1.807) is 0 Å². The van der Waals surface area contributed by atoms with Crippen LogP contribution in [0.3, 0.4) is 0 Å². The molecule has 0 aromatic heterocycles. The lowest BCUT2D eigenvalue weighted by Crippen LogP contribution is -2.31. The van der Waals surface area contributed by atoms with Gasteiger partial charge in [0.25, 0.3) is 0 Å². The molecule has 0 spiro atoms. The van der Waals surface area contributed by atoms with Crippen LogP contribution in [-0.2, 0) is 0 Å². The first-order valence-electron chi connectivity index (χ1n) is 7.38. The van der Waals surface area contributed by atoms with Gasteiger partial charge in [-0.1, -0.05) is 55.5 Å². The van der Waals surface area contributed by atoms with Crippen LogP contribution in [0, 0.1) is 0 Å². The Balaban J connectivity index is 2.29. The van der Waals surface area contributed by atoms with Crippen LogP contribution in [-0.4, -0.2) is 18.3 Å². The second-order valence-electron chi connectivity index (χ2n) is 4.87. The van der Waals surface area contributed by atoms with Crippen molar-refractivity contribution in [1.82, 2.24) is 5.32 Å². The van der Waals surface area contributed by atoms with Gasteiger partial charge in [0.1, 0.15) is 0 Å². The normalized spacial score (nSPS) is 12.6. The van der Waals surface area contributed by atoms with Crippen molar-refractivity contribution in [2.24, 2.45) is 0 Å². The minimum Gasteiger partial charge on any atom is -0.313 e. The van der Waals surface area contributed by atoms with Crippen LogP contribution in [0.5, 0.6) is 0 Å². The van der Waals surface area contributed by atoms with E-state index in [-0.39, 0.29) is 0 Å². The maximum absolute atomic E-state index is 3.61. The van der Waals surface area contributed by atoms with Crippen LogP contribution in [0.4, 0.5) is 0 Å². The Morgan fingerprint density at radius 1 is 1.11 bits per heavy atom. The Bertz CT molecular complexity index is 326. The molecule has 1 atom stereocenters. The molecule has 0 saturated heterocycles. The zero-order valence-electron chi connectivity index (χ0n) is 12.1. The average Bonchev–Trinajstić information content (AvgIpc) is 2.42. The molecule has 0 heterocycles. The van der Waals surface area contributed by atoms with Gasteiger partial charge in [0.15, 0.2) is 0 Å². The third-order valence-corrected chi connectivity index (χ3v) is 4.87. The predicted molar refractivity (Wildman–Crippen MR) is 91.1 cm³/mol. The van der Waals surface area contributed by atoms with E-state index in [1.807, 2.05) is 11.8 Å². The Labute approximate surface area is 131 Å². The summed E-state index contributed by atoms with van der Waals surface area (Å²) in [7, 11) is 0. The topological polar surface area (TPSA) is 12.0 Å². The van der Waals surface area contributed by atoms with E-state index in [4.69, 9.17) is 0 Å². The minimum absolute atomic E-state index is 0.649. The number of benzene rings is 1. The number of hydrogen-bond donors (Lipinski definition) is 1. The number of thioether (sulfide) groups is 1. The molecule has 0 aliphatic carbocycles. The summed E-state index contributed by atoms with van der Waals surface area (Å²) in [5, 5.41) is 3.61. The maximum atomic E-state index is 3.61. The molecule has 0 fully saturated rings. The molecule has 1 unspecified atom stereocenters. The molecule has 3 heteroatoms. The van der Waals surface area contributed by atoms with Gasteiger partial charge in [-0.05, 0) is 37.2 Å². The molecular weight excluding hydrogens is 318 g/mol. The third kappa shape index (κ3) is 8.01. The fourth-order valence-corrected chi connectivity index (χ4v) is 3.35. The van der Waals surface area contributed by atoms with Crippen LogP contribution >= 0.6 is 27.7 Å². The second kappa shape index (κ2) is 10.8. The lowest BCUT2D eigenvalue weighted by atomic mass is 10.1. The zero-order valence-corrected chi connectivity index (χ0v) is 14.5. The first-order valence-corrected chi connectivity index (χ1v) is 9.15. The van der Waals surface area contributed by atoms with Gasteiger partial charge in [-0.3, -0.25) is 0 Å². The van der Waals surface area contributed by atoms with Gasteiger partial charge in [-0.15, -0.1) is 11.8 Å². The zero-order chi connectivity index (χ0) is 13.9. The van der Waals surface area contributed by atoms with Crippen molar-refractivity contribution in [3.8, 4) is 0 Å². The number of rotatable bonds is 10. The first kappa shape index (κ1) is 17.1. The summed E-state index contributed by atoms with van der Waals surface area (Å²) >= 11 is 5.44. The van der Waals surface area contributed by atoms with E-state index >= 15 is 0 Å². The third-order valence-electron chi connectivity index (χ3n) is 3.16. The number of halogens is 1. The number of hydrogen-bond acceptors (Lipinski definition) is 2. The van der Waals surface area contributed by atoms with E-state index in [9.17, 15) is 0 Å². The van der Waals surface area contributed by atoms with Crippen LogP contribution in [0.1, 0.15) is 46.0 Å². The molecule has 1 N–H and O–H groups in total. The highest BCUT2D eigenvalue weighted by atomic mass is 79.9. The number of unbranched alkanes of at least 4 members (excludes halogenated alkanes) is 3. The summed E-state index contributed by atoms with van der Waals surface area (Å²) in [6, 6.07) is 9.26. The second-order valence-corrected chi connectivity index (χ2v) is 6.88. The first-order chi connectivity index (χ1) is 9.26. The van der Waals surface area contributed by atoms with Crippen LogP contribution in [0.25, 0.3) is 0 Å². The van der Waals surface area contributed by atoms with Gasteiger partial charge >= 0.3 is 0 Å². The van der Waals surface area contributed by atoms with Crippen molar-refractivity contribution >= 4 is 27.7 Å². The Kier molecular flexibility index (Phi) is 9.66. The van der Waals surface area contributed by atoms with Crippen molar-refractivity contribution in [2.75, 3.05) is 12.3 Å². The molecule has 108 valence electrons. The van der Waals surface area contributed by atoms with Crippen LogP contribution < -0.4 is 5.32 Å². The molecule has 0 radical (unpaired) electrons. The Morgan fingerprint density at radius 3 is 2.47 bits per heavy atom. The molecule has 1 aromatic carbocycles. The van der Waals surface area contributed by atoms with Crippen molar-refractivity contribution in [3.05, 3.63) is 28.7 Å². The molecule has 19 heavy (non-hydrogen) atoms. The predicted octanol–water partition coefficient (Wildman–Crippen LogP) is 5.49. The molecule has 1 aromatic rings. The SMILES string of the molecule is CCCCCCC(CSc1ccc(Br)cc1)NCC. The summed E-state index contributed by atoms with van der Waals surface area (Å²) in [6.07, 6.45) is 6.73. The summed E-state index contributed by atoms with van der Waals surface area (Å²) in [6.45, 7) is 5.54. The molecule has 0 amide bonds. The van der Waals surface area contributed by atoms with Gasteiger partial charge in [0, 0.05) is 21.2 Å². The molecule has 0 bridgehead atoms. The molecule has 0 aliphatic heterocycles. The van der Waals surface area contributed by atoms with Crippen molar-refractivity contribution in [1.29, 1.82) is 0 Å². The van der Waals surface area contributed by atoms with Gasteiger partial charge in [0.05, 0.1) is 0 Å². The van der Waals surface area contributed by atoms with E-state index in [2.05, 4.69) is 59.4 Å². The average molecular weight is 344 g/mol. The molecule has 1 nitrogen and oxygen atoms in total. The van der Waals surface area contributed by atoms with Crippen molar-refractivity contribution in [2.45, 2.75) is 56.9 Å². The summed E-state index contributed by atoms with van der Waals surface area (Å²) in [5.41, 5.74) is 0. The van der Waals surface area contributed by atoms with Gasteiger partial charge in [-0.25, -0.2) is 0 Å². The van der Waals surface area contributed by atoms with Crippen LogP contribution in [0.15, 0.2) is 33.6 Å². The highest BCUT2D eigenvalue weighted by molar-refractivity contribution is 9.10. The van der Waals surface area contributed by atoms with Crippen LogP contribution in [0.2, 0.25) is 0 Å². The fraction of sp³-hybridized carbons (Fsp3) is 0.625. The minimum atomic E-state index is 0.649.